The highest BCUT2D eigenvalue weighted by Gasteiger charge is 2.37. The summed E-state index contributed by atoms with van der Waals surface area (Å²) in [6, 6.07) is 0.681. The molecule has 100 valence electrons. The lowest BCUT2D eigenvalue weighted by Crippen LogP contribution is -2.44. The van der Waals surface area contributed by atoms with E-state index in [1.165, 1.54) is 19.3 Å². The van der Waals surface area contributed by atoms with Crippen LogP contribution >= 0.6 is 0 Å². The van der Waals surface area contributed by atoms with Crippen molar-refractivity contribution >= 4 is 0 Å². The zero-order valence-electron chi connectivity index (χ0n) is 11.2. The van der Waals surface area contributed by atoms with Crippen LogP contribution in [0.4, 0.5) is 0 Å². The summed E-state index contributed by atoms with van der Waals surface area (Å²) in [6.07, 6.45) is 4.58. The van der Waals surface area contributed by atoms with Gasteiger partial charge in [0.05, 0.1) is 12.7 Å². The first kappa shape index (κ1) is 13.3. The smallest absolute Gasteiger partial charge is 0.0585 e. The molecule has 2 fully saturated rings. The third-order valence-electron chi connectivity index (χ3n) is 4.54. The highest BCUT2D eigenvalue weighted by atomic mass is 16.3. The summed E-state index contributed by atoms with van der Waals surface area (Å²) >= 11 is 0. The Labute approximate surface area is 105 Å². The molecule has 2 aliphatic rings. The first-order chi connectivity index (χ1) is 8.11. The van der Waals surface area contributed by atoms with E-state index in [1.807, 2.05) is 0 Å². The predicted molar refractivity (Wildman–Crippen MR) is 68.7 cm³/mol. The normalized spacial score (nSPS) is 38.6. The van der Waals surface area contributed by atoms with Crippen LogP contribution in [0.15, 0.2) is 0 Å². The predicted octanol–water partition coefficient (Wildman–Crippen LogP) is 1.49. The van der Waals surface area contributed by atoms with Crippen LogP contribution in [0, 0.1) is 17.8 Å². The van der Waals surface area contributed by atoms with Crippen LogP contribution in [0.25, 0.3) is 0 Å². The van der Waals surface area contributed by atoms with Gasteiger partial charge in [-0.15, -0.1) is 0 Å². The minimum Gasteiger partial charge on any atom is -0.395 e. The number of aliphatic hydroxyl groups is 2. The van der Waals surface area contributed by atoms with Gasteiger partial charge in [-0.25, -0.2) is 0 Å². The molecule has 0 amide bonds. The minimum absolute atomic E-state index is 0.145. The van der Waals surface area contributed by atoms with Gasteiger partial charge < -0.3 is 10.2 Å². The first-order valence-corrected chi connectivity index (χ1v) is 7.14. The van der Waals surface area contributed by atoms with Crippen molar-refractivity contribution < 1.29 is 10.2 Å². The summed E-state index contributed by atoms with van der Waals surface area (Å²) in [5.74, 6) is 1.66. The van der Waals surface area contributed by atoms with Gasteiger partial charge in [0.1, 0.15) is 0 Å². The van der Waals surface area contributed by atoms with Crippen molar-refractivity contribution in [1.82, 2.24) is 4.90 Å². The molecule has 3 heteroatoms. The van der Waals surface area contributed by atoms with Crippen molar-refractivity contribution in [2.24, 2.45) is 17.8 Å². The van der Waals surface area contributed by atoms with Gasteiger partial charge >= 0.3 is 0 Å². The van der Waals surface area contributed by atoms with Crippen LogP contribution in [0.5, 0.6) is 0 Å². The van der Waals surface area contributed by atoms with Gasteiger partial charge in [0.15, 0.2) is 0 Å². The maximum Gasteiger partial charge on any atom is 0.0585 e. The Kier molecular flexibility index (Phi) is 4.45. The Hall–Kier alpha value is -0.120. The highest BCUT2D eigenvalue weighted by molar-refractivity contribution is 4.90. The second-order valence-corrected chi connectivity index (χ2v) is 6.23. The lowest BCUT2D eigenvalue weighted by Gasteiger charge is -2.39. The molecule has 4 atom stereocenters. The molecule has 0 heterocycles. The van der Waals surface area contributed by atoms with Gasteiger partial charge in [-0.05, 0) is 37.5 Å². The van der Waals surface area contributed by atoms with E-state index in [-0.39, 0.29) is 12.7 Å². The van der Waals surface area contributed by atoms with E-state index < -0.39 is 0 Å². The lowest BCUT2D eigenvalue weighted by molar-refractivity contribution is -0.00554. The molecule has 17 heavy (non-hydrogen) atoms. The summed E-state index contributed by atoms with van der Waals surface area (Å²) in [5.41, 5.74) is 0. The fraction of sp³-hybridized carbons (Fsp3) is 1.00. The van der Waals surface area contributed by atoms with Crippen LogP contribution in [0.3, 0.4) is 0 Å². The van der Waals surface area contributed by atoms with E-state index in [2.05, 4.69) is 18.7 Å². The number of nitrogens with zero attached hydrogens (tertiary/aromatic N) is 1. The molecule has 0 aromatic rings. The van der Waals surface area contributed by atoms with Crippen molar-refractivity contribution in [3.8, 4) is 0 Å². The maximum atomic E-state index is 10.2. The van der Waals surface area contributed by atoms with E-state index in [9.17, 15) is 5.11 Å². The van der Waals surface area contributed by atoms with Crippen molar-refractivity contribution in [2.45, 2.75) is 51.7 Å². The van der Waals surface area contributed by atoms with Gasteiger partial charge in [0.25, 0.3) is 0 Å². The molecule has 0 bridgehead atoms. The molecule has 2 rings (SSSR count). The Morgan fingerprint density at radius 1 is 1.18 bits per heavy atom. The molecular weight excluding hydrogens is 214 g/mol. The average Bonchev–Trinajstić information content (AvgIpc) is 3.05. The molecule has 0 aromatic carbocycles. The fourth-order valence-corrected chi connectivity index (χ4v) is 3.44. The van der Waals surface area contributed by atoms with Crippen LogP contribution in [0.2, 0.25) is 0 Å². The zero-order valence-corrected chi connectivity index (χ0v) is 11.2. The van der Waals surface area contributed by atoms with E-state index in [1.54, 1.807) is 0 Å². The average molecular weight is 241 g/mol. The van der Waals surface area contributed by atoms with Crippen LogP contribution < -0.4 is 0 Å². The Morgan fingerprint density at radius 2 is 1.88 bits per heavy atom. The number of hydrogen-bond acceptors (Lipinski definition) is 3. The monoisotopic (exact) mass is 241 g/mol. The third kappa shape index (κ3) is 3.43. The van der Waals surface area contributed by atoms with Crippen molar-refractivity contribution in [3.63, 3.8) is 0 Å². The molecule has 2 aliphatic carbocycles. The Morgan fingerprint density at radius 3 is 2.41 bits per heavy atom. The van der Waals surface area contributed by atoms with Gasteiger partial charge in [0.2, 0.25) is 0 Å². The Balaban J connectivity index is 1.90. The maximum absolute atomic E-state index is 10.2. The minimum atomic E-state index is -0.145. The molecule has 0 aromatic heterocycles. The molecule has 2 N–H and O–H groups in total. The van der Waals surface area contributed by atoms with E-state index in [4.69, 9.17) is 5.11 Å². The second kappa shape index (κ2) is 5.68. The summed E-state index contributed by atoms with van der Waals surface area (Å²) in [5, 5.41) is 19.4. The van der Waals surface area contributed by atoms with Crippen molar-refractivity contribution in [1.29, 1.82) is 0 Å². The van der Waals surface area contributed by atoms with E-state index in [0.29, 0.717) is 23.8 Å². The lowest BCUT2D eigenvalue weighted by atomic mass is 9.73. The summed E-state index contributed by atoms with van der Waals surface area (Å²) in [4.78, 5) is 2.39. The quantitative estimate of drug-likeness (QED) is 0.766. The molecule has 0 radical (unpaired) electrons. The standard InChI is InChI=1S/C14H27NO2/c1-10-7-11(2)13(14(17)8-10)9-15(5-6-16)12-3-4-12/h10-14,16-17H,3-9H2,1-2H3. The van der Waals surface area contributed by atoms with Crippen LogP contribution in [-0.4, -0.2) is 47.0 Å². The van der Waals surface area contributed by atoms with Crippen LogP contribution in [-0.2, 0) is 0 Å². The molecule has 0 spiro atoms. The summed E-state index contributed by atoms with van der Waals surface area (Å²) in [6.45, 7) is 6.50. The number of aliphatic hydroxyl groups excluding tert-OH is 2. The zero-order chi connectivity index (χ0) is 12.4. The second-order valence-electron chi connectivity index (χ2n) is 6.23. The van der Waals surface area contributed by atoms with E-state index >= 15 is 0 Å². The van der Waals surface area contributed by atoms with E-state index in [0.717, 1.165) is 19.5 Å². The van der Waals surface area contributed by atoms with Crippen LogP contribution in [0.1, 0.15) is 39.5 Å². The van der Waals surface area contributed by atoms with Gasteiger partial charge in [-0.1, -0.05) is 13.8 Å². The highest BCUT2D eigenvalue weighted by Crippen LogP contribution is 2.36. The molecule has 0 aliphatic heterocycles. The molecule has 4 unspecified atom stereocenters. The first-order valence-electron chi connectivity index (χ1n) is 7.14. The number of hydrogen-bond donors (Lipinski definition) is 2. The molecule has 0 saturated heterocycles. The van der Waals surface area contributed by atoms with Crippen molar-refractivity contribution in [3.05, 3.63) is 0 Å². The Bertz CT molecular complexity index is 230. The van der Waals surface area contributed by atoms with Gasteiger partial charge in [-0.3, -0.25) is 4.90 Å². The number of rotatable bonds is 5. The van der Waals surface area contributed by atoms with Gasteiger partial charge in [0, 0.05) is 25.0 Å². The summed E-state index contributed by atoms with van der Waals surface area (Å²) < 4.78 is 0. The SMILES string of the molecule is CC1CC(C)C(CN(CCO)C2CC2)C(O)C1. The fourth-order valence-electron chi connectivity index (χ4n) is 3.44. The molecule has 3 nitrogen and oxygen atoms in total. The summed E-state index contributed by atoms with van der Waals surface area (Å²) in [7, 11) is 0. The van der Waals surface area contributed by atoms with Gasteiger partial charge in [-0.2, -0.15) is 0 Å². The van der Waals surface area contributed by atoms with Crippen molar-refractivity contribution in [2.75, 3.05) is 19.7 Å². The molecule has 2 saturated carbocycles. The topological polar surface area (TPSA) is 43.7 Å². The largest absolute Gasteiger partial charge is 0.395 e. The molecular formula is C14H27NO2. The third-order valence-corrected chi connectivity index (χ3v) is 4.54.